The number of halogens is 2. The van der Waals surface area contributed by atoms with Crippen LogP contribution in [0.3, 0.4) is 0 Å². The number of ether oxygens (including phenoxy) is 2. The van der Waals surface area contributed by atoms with Crippen molar-refractivity contribution in [3.05, 3.63) is 17.3 Å². The topological polar surface area (TPSA) is 74.4 Å². The highest BCUT2D eigenvalue weighted by Gasteiger charge is 2.19. The standard InChI is InChI=1S/C11H14F2N2O3/c1-3-18-9(16)5-7-8(17-2)4-6(10(12)13)11(14)15-7/h4,10H,3,5H2,1-2H3,(H2,14,15). The minimum absolute atomic E-state index is 0.0903. The van der Waals surface area contributed by atoms with Crippen molar-refractivity contribution < 1.29 is 23.0 Å². The Balaban J connectivity index is 3.05. The van der Waals surface area contributed by atoms with Crippen LogP contribution in [0.1, 0.15) is 24.6 Å². The molecule has 0 aliphatic heterocycles. The molecule has 1 rings (SSSR count). The second-order valence-corrected chi connectivity index (χ2v) is 3.39. The van der Waals surface area contributed by atoms with Crippen LogP contribution in [-0.2, 0) is 16.0 Å². The molecule has 0 saturated carbocycles. The Kier molecular flexibility index (Phi) is 4.82. The van der Waals surface area contributed by atoms with Crippen LogP contribution in [-0.4, -0.2) is 24.7 Å². The number of rotatable bonds is 5. The van der Waals surface area contributed by atoms with Crippen LogP contribution in [0.2, 0.25) is 0 Å². The molecule has 0 bridgehead atoms. The molecule has 0 aliphatic carbocycles. The molecule has 7 heteroatoms. The maximum Gasteiger partial charge on any atom is 0.312 e. The number of nitrogen functional groups attached to an aromatic ring is 1. The molecule has 100 valence electrons. The van der Waals surface area contributed by atoms with Gasteiger partial charge in [-0.2, -0.15) is 0 Å². The number of esters is 1. The number of anilines is 1. The molecule has 0 spiro atoms. The second-order valence-electron chi connectivity index (χ2n) is 3.39. The first-order chi connectivity index (χ1) is 8.49. The number of alkyl halides is 2. The van der Waals surface area contributed by atoms with Crippen molar-refractivity contribution in [2.75, 3.05) is 19.5 Å². The molecule has 0 aliphatic rings. The first-order valence-corrected chi connectivity index (χ1v) is 5.26. The summed E-state index contributed by atoms with van der Waals surface area (Å²) >= 11 is 0. The van der Waals surface area contributed by atoms with Crippen LogP contribution < -0.4 is 10.5 Å². The van der Waals surface area contributed by atoms with Gasteiger partial charge < -0.3 is 15.2 Å². The number of hydrogen-bond acceptors (Lipinski definition) is 5. The number of nitrogens with zero attached hydrogens (tertiary/aromatic N) is 1. The first-order valence-electron chi connectivity index (χ1n) is 5.26. The van der Waals surface area contributed by atoms with E-state index >= 15 is 0 Å². The van der Waals surface area contributed by atoms with Crippen molar-refractivity contribution in [2.24, 2.45) is 0 Å². The van der Waals surface area contributed by atoms with Crippen LogP contribution in [0, 0.1) is 0 Å². The second kappa shape index (κ2) is 6.13. The van der Waals surface area contributed by atoms with Crippen molar-refractivity contribution in [3.63, 3.8) is 0 Å². The van der Waals surface area contributed by atoms with Gasteiger partial charge in [0.15, 0.2) is 0 Å². The lowest BCUT2D eigenvalue weighted by Gasteiger charge is -2.11. The van der Waals surface area contributed by atoms with E-state index < -0.39 is 18.0 Å². The monoisotopic (exact) mass is 260 g/mol. The van der Waals surface area contributed by atoms with Gasteiger partial charge in [-0.15, -0.1) is 0 Å². The van der Waals surface area contributed by atoms with Gasteiger partial charge >= 0.3 is 5.97 Å². The zero-order valence-electron chi connectivity index (χ0n) is 10.1. The molecular weight excluding hydrogens is 246 g/mol. The van der Waals surface area contributed by atoms with Crippen LogP contribution in [0.25, 0.3) is 0 Å². The third kappa shape index (κ3) is 3.28. The van der Waals surface area contributed by atoms with E-state index in [1.807, 2.05) is 0 Å². The summed E-state index contributed by atoms with van der Waals surface area (Å²) in [7, 11) is 1.30. The van der Waals surface area contributed by atoms with Gasteiger partial charge in [-0.3, -0.25) is 4.79 Å². The lowest BCUT2D eigenvalue weighted by atomic mass is 10.2. The van der Waals surface area contributed by atoms with E-state index in [0.717, 1.165) is 6.07 Å². The lowest BCUT2D eigenvalue weighted by Crippen LogP contribution is -2.12. The third-order valence-corrected chi connectivity index (χ3v) is 2.19. The molecule has 1 aromatic rings. The summed E-state index contributed by atoms with van der Waals surface area (Å²) in [6.45, 7) is 1.89. The van der Waals surface area contributed by atoms with E-state index in [4.69, 9.17) is 15.2 Å². The Morgan fingerprint density at radius 2 is 2.22 bits per heavy atom. The highest BCUT2D eigenvalue weighted by atomic mass is 19.3. The quantitative estimate of drug-likeness (QED) is 0.816. The molecule has 1 heterocycles. The Bertz CT molecular complexity index is 439. The molecule has 0 saturated heterocycles. The van der Waals surface area contributed by atoms with Crippen LogP contribution in [0.5, 0.6) is 5.75 Å². The number of nitrogens with two attached hydrogens (primary N) is 1. The Morgan fingerprint density at radius 3 is 2.72 bits per heavy atom. The molecule has 0 fully saturated rings. The van der Waals surface area contributed by atoms with Gasteiger partial charge in [0.25, 0.3) is 6.43 Å². The summed E-state index contributed by atoms with van der Waals surface area (Å²) in [6.07, 6.45) is -2.92. The number of hydrogen-bond donors (Lipinski definition) is 1. The molecule has 0 atom stereocenters. The number of methoxy groups -OCH3 is 1. The highest BCUT2D eigenvalue weighted by Crippen LogP contribution is 2.29. The van der Waals surface area contributed by atoms with Crippen LogP contribution >= 0.6 is 0 Å². The average molecular weight is 260 g/mol. The Hall–Kier alpha value is -1.92. The minimum atomic E-state index is -2.75. The predicted molar refractivity (Wildman–Crippen MR) is 60.5 cm³/mol. The Labute approximate surface area is 103 Å². The summed E-state index contributed by atoms with van der Waals surface area (Å²) < 4.78 is 34.8. The fourth-order valence-corrected chi connectivity index (χ4v) is 1.39. The zero-order valence-corrected chi connectivity index (χ0v) is 10.1. The van der Waals surface area contributed by atoms with E-state index in [0.29, 0.717) is 0 Å². The number of pyridine rings is 1. The van der Waals surface area contributed by atoms with Crippen LogP contribution in [0.15, 0.2) is 6.07 Å². The maximum absolute atomic E-state index is 12.6. The van der Waals surface area contributed by atoms with Gasteiger partial charge in [-0.25, -0.2) is 13.8 Å². The van der Waals surface area contributed by atoms with Gasteiger partial charge in [0.2, 0.25) is 0 Å². The Morgan fingerprint density at radius 1 is 1.56 bits per heavy atom. The highest BCUT2D eigenvalue weighted by molar-refractivity contribution is 5.73. The van der Waals surface area contributed by atoms with E-state index in [-0.39, 0.29) is 30.3 Å². The molecule has 1 aromatic heterocycles. The molecule has 18 heavy (non-hydrogen) atoms. The van der Waals surface area contributed by atoms with Gasteiger partial charge in [-0.05, 0) is 13.0 Å². The molecule has 0 aromatic carbocycles. The smallest absolute Gasteiger partial charge is 0.312 e. The van der Waals surface area contributed by atoms with Crippen molar-refractivity contribution in [3.8, 4) is 5.75 Å². The van der Waals surface area contributed by atoms with Gasteiger partial charge in [0.05, 0.1) is 31.4 Å². The molecule has 0 amide bonds. The summed E-state index contributed by atoms with van der Waals surface area (Å²) in [4.78, 5) is 15.1. The normalized spacial score (nSPS) is 10.5. The lowest BCUT2D eigenvalue weighted by molar-refractivity contribution is -0.142. The summed E-state index contributed by atoms with van der Waals surface area (Å²) in [5, 5.41) is 0. The number of carbonyl (C=O) groups excluding carboxylic acids is 1. The summed E-state index contributed by atoms with van der Waals surface area (Å²) in [6, 6.07) is 1.08. The number of carbonyl (C=O) groups is 1. The van der Waals surface area contributed by atoms with Crippen molar-refractivity contribution in [1.82, 2.24) is 4.98 Å². The van der Waals surface area contributed by atoms with Crippen molar-refractivity contribution in [1.29, 1.82) is 0 Å². The SMILES string of the molecule is CCOC(=O)Cc1nc(N)c(C(F)F)cc1OC. The molecule has 2 N–H and O–H groups in total. The van der Waals surface area contributed by atoms with E-state index in [1.54, 1.807) is 6.92 Å². The summed E-state index contributed by atoms with van der Waals surface area (Å²) in [5.74, 6) is -0.745. The average Bonchev–Trinajstić information content (AvgIpc) is 2.29. The largest absolute Gasteiger partial charge is 0.495 e. The first kappa shape index (κ1) is 14.1. The van der Waals surface area contributed by atoms with Gasteiger partial charge in [0.1, 0.15) is 11.6 Å². The molecule has 0 radical (unpaired) electrons. The third-order valence-electron chi connectivity index (χ3n) is 2.19. The summed E-state index contributed by atoms with van der Waals surface area (Å²) in [5.41, 5.74) is 5.16. The minimum Gasteiger partial charge on any atom is -0.495 e. The zero-order chi connectivity index (χ0) is 13.7. The van der Waals surface area contributed by atoms with E-state index in [1.165, 1.54) is 7.11 Å². The fraction of sp³-hybridized carbons (Fsp3) is 0.455. The van der Waals surface area contributed by atoms with Crippen LogP contribution in [0.4, 0.5) is 14.6 Å². The van der Waals surface area contributed by atoms with Crippen molar-refractivity contribution in [2.45, 2.75) is 19.8 Å². The predicted octanol–water partition coefficient (Wildman–Crippen LogP) is 1.72. The molecular formula is C11H14F2N2O3. The van der Waals surface area contributed by atoms with Gasteiger partial charge in [-0.1, -0.05) is 0 Å². The van der Waals surface area contributed by atoms with E-state index in [2.05, 4.69) is 4.98 Å². The van der Waals surface area contributed by atoms with Crippen molar-refractivity contribution >= 4 is 11.8 Å². The maximum atomic E-state index is 12.6. The molecule has 5 nitrogen and oxygen atoms in total. The number of aromatic nitrogens is 1. The van der Waals surface area contributed by atoms with Gasteiger partial charge in [0, 0.05) is 0 Å². The fourth-order valence-electron chi connectivity index (χ4n) is 1.39. The van der Waals surface area contributed by atoms with E-state index in [9.17, 15) is 13.6 Å². The molecule has 0 unspecified atom stereocenters.